The van der Waals surface area contributed by atoms with Gasteiger partial charge in [0.2, 0.25) is 0 Å². The third-order valence-electron chi connectivity index (χ3n) is 1.85. The molecule has 2 heterocycles. The standard InChI is InChI=1S/C8H8N4O2/c1-6-8(11-14-10-6)3-12-2-7(4-13)9-5-12/h2,4-5H,3H2,1H3. The van der Waals surface area contributed by atoms with E-state index in [9.17, 15) is 4.79 Å². The molecule has 0 aliphatic carbocycles. The van der Waals surface area contributed by atoms with Crippen molar-refractivity contribution in [3.05, 3.63) is 29.6 Å². The molecule has 0 fully saturated rings. The molecule has 0 bridgehead atoms. The average Bonchev–Trinajstić information content (AvgIpc) is 2.77. The van der Waals surface area contributed by atoms with Gasteiger partial charge in [-0.3, -0.25) is 4.79 Å². The Morgan fingerprint density at radius 2 is 2.43 bits per heavy atom. The molecule has 2 aromatic rings. The van der Waals surface area contributed by atoms with E-state index in [1.54, 1.807) is 17.1 Å². The van der Waals surface area contributed by atoms with Gasteiger partial charge in [-0.25, -0.2) is 9.61 Å². The van der Waals surface area contributed by atoms with Gasteiger partial charge in [0.05, 0.1) is 12.9 Å². The molecule has 0 radical (unpaired) electrons. The number of nitrogens with zero attached hydrogens (tertiary/aromatic N) is 4. The van der Waals surface area contributed by atoms with Crippen LogP contribution in [0.1, 0.15) is 21.9 Å². The van der Waals surface area contributed by atoms with Crippen LogP contribution >= 0.6 is 0 Å². The third kappa shape index (κ3) is 1.54. The van der Waals surface area contributed by atoms with Gasteiger partial charge < -0.3 is 4.57 Å². The maximum Gasteiger partial charge on any atom is 0.169 e. The van der Waals surface area contributed by atoms with Gasteiger partial charge in [-0.1, -0.05) is 10.3 Å². The molecule has 6 nitrogen and oxygen atoms in total. The van der Waals surface area contributed by atoms with E-state index in [4.69, 9.17) is 0 Å². The molecule has 0 aliphatic rings. The average molecular weight is 192 g/mol. The van der Waals surface area contributed by atoms with Crippen molar-refractivity contribution in [3.8, 4) is 0 Å². The fourth-order valence-electron chi connectivity index (χ4n) is 1.09. The number of carbonyl (C=O) groups excluding carboxylic acids is 1. The normalized spacial score (nSPS) is 10.4. The van der Waals surface area contributed by atoms with E-state index in [0.29, 0.717) is 18.5 Å². The molecular formula is C8H8N4O2. The van der Waals surface area contributed by atoms with Crippen LogP contribution in [0, 0.1) is 6.92 Å². The highest BCUT2D eigenvalue weighted by Gasteiger charge is 2.06. The monoisotopic (exact) mass is 192 g/mol. The summed E-state index contributed by atoms with van der Waals surface area (Å²) in [6, 6.07) is 0. The van der Waals surface area contributed by atoms with Crippen LogP contribution in [0.5, 0.6) is 0 Å². The van der Waals surface area contributed by atoms with Gasteiger partial charge in [0.15, 0.2) is 6.29 Å². The van der Waals surface area contributed by atoms with E-state index >= 15 is 0 Å². The Bertz CT molecular complexity index is 446. The molecule has 0 N–H and O–H groups in total. The fourth-order valence-corrected chi connectivity index (χ4v) is 1.09. The summed E-state index contributed by atoms with van der Waals surface area (Å²) in [6.07, 6.45) is 3.91. The first kappa shape index (κ1) is 8.61. The van der Waals surface area contributed by atoms with Crippen molar-refractivity contribution < 1.29 is 9.42 Å². The summed E-state index contributed by atoms with van der Waals surface area (Å²) in [5, 5.41) is 7.37. The molecule has 0 aromatic carbocycles. The van der Waals surface area contributed by atoms with E-state index < -0.39 is 0 Å². The molecule has 0 saturated heterocycles. The Morgan fingerprint density at radius 3 is 3.00 bits per heavy atom. The van der Waals surface area contributed by atoms with E-state index in [2.05, 4.69) is 19.9 Å². The van der Waals surface area contributed by atoms with Crippen LogP contribution in [-0.2, 0) is 6.54 Å². The predicted octanol–water partition coefficient (Wildman–Crippen LogP) is 0.435. The Kier molecular flexibility index (Phi) is 2.10. The van der Waals surface area contributed by atoms with Gasteiger partial charge in [-0.15, -0.1) is 0 Å². The first-order chi connectivity index (χ1) is 6.79. The molecule has 72 valence electrons. The number of carbonyl (C=O) groups is 1. The second-order valence-electron chi connectivity index (χ2n) is 2.89. The Morgan fingerprint density at radius 1 is 1.57 bits per heavy atom. The second-order valence-corrected chi connectivity index (χ2v) is 2.89. The molecule has 14 heavy (non-hydrogen) atoms. The van der Waals surface area contributed by atoms with Crippen LogP contribution in [0.3, 0.4) is 0 Å². The summed E-state index contributed by atoms with van der Waals surface area (Å²) in [4.78, 5) is 14.2. The molecular weight excluding hydrogens is 184 g/mol. The predicted molar refractivity (Wildman–Crippen MR) is 45.8 cm³/mol. The molecule has 0 spiro atoms. The van der Waals surface area contributed by atoms with Crippen molar-refractivity contribution in [1.29, 1.82) is 0 Å². The highest BCUT2D eigenvalue weighted by atomic mass is 16.6. The van der Waals surface area contributed by atoms with E-state index in [-0.39, 0.29) is 0 Å². The number of hydrogen-bond donors (Lipinski definition) is 0. The maximum atomic E-state index is 10.4. The topological polar surface area (TPSA) is 73.8 Å². The number of aryl methyl sites for hydroxylation is 1. The molecule has 6 heteroatoms. The van der Waals surface area contributed by atoms with Crippen LogP contribution in [0.2, 0.25) is 0 Å². The van der Waals surface area contributed by atoms with Gasteiger partial charge in [0.25, 0.3) is 0 Å². The Labute approximate surface area is 79.5 Å². The van der Waals surface area contributed by atoms with Gasteiger partial charge in [-0.2, -0.15) is 0 Å². The molecule has 0 saturated carbocycles. The van der Waals surface area contributed by atoms with Crippen molar-refractivity contribution in [2.24, 2.45) is 0 Å². The number of imidazole rings is 1. The molecule has 0 atom stereocenters. The fraction of sp³-hybridized carbons (Fsp3) is 0.250. The molecule has 0 unspecified atom stereocenters. The first-order valence-electron chi connectivity index (χ1n) is 4.04. The minimum Gasteiger partial charge on any atom is -0.331 e. The highest BCUT2D eigenvalue weighted by molar-refractivity contribution is 5.70. The zero-order chi connectivity index (χ0) is 9.97. The first-order valence-corrected chi connectivity index (χ1v) is 4.04. The van der Waals surface area contributed by atoms with Gasteiger partial charge in [0, 0.05) is 6.20 Å². The Hall–Kier alpha value is -1.98. The van der Waals surface area contributed by atoms with E-state index in [0.717, 1.165) is 11.4 Å². The van der Waals surface area contributed by atoms with Crippen molar-refractivity contribution in [1.82, 2.24) is 19.9 Å². The maximum absolute atomic E-state index is 10.4. The van der Waals surface area contributed by atoms with Gasteiger partial charge >= 0.3 is 0 Å². The lowest BCUT2D eigenvalue weighted by molar-refractivity contribution is 0.111. The minimum atomic E-state index is 0.402. The highest BCUT2D eigenvalue weighted by Crippen LogP contribution is 2.03. The van der Waals surface area contributed by atoms with Crippen LogP contribution in [-0.4, -0.2) is 26.2 Å². The van der Waals surface area contributed by atoms with Crippen molar-refractivity contribution in [2.75, 3.05) is 0 Å². The lowest BCUT2D eigenvalue weighted by atomic mass is 10.3. The van der Waals surface area contributed by atoms with Crippen LogP contribution in [0.25, 0.3) is 0 Å². The SMILES string of the molecule is Cc1nonc1Cn1cnc(C=O)c1. The number of rotatable bonds is 3. The summed E-state index contributed by atoms with van der Waals surface area (Å²) in [5.41, 5.74) is 1.88. The number of aldehydes is 1. The van der Waals surface area contributed by atoms with Crippen molar-refractivity contribution in [3.63, 3.8) is 0 Å². The third-order valence-corrected chi connectivity index (χ3v) is 1.85. The van der Waals surface area contributed by atoms with Crippen molar-refractivity contribution in [2.45, 2.75) is 13.5 Å². The molecule has 2 aromatic heterocycles. The zero-order valence-electron chi connectivity index (χ0n) is 7.54. The summed E-state index contributed by atoms with van der Waals surface area (Å²) in [5.74, 6) is 0. The van der Waals surface area contributed by atoms with Crippen molar-refractivity contribution >= 4 is 6.29 Å². The quantitative estimate of drug-likeness (QED) is 0.659. The van der Waals surface area contributed by atoms with E-state index in [1.165, 1.54) is 0 Å². The summed E-state index contributed by atoms with van der Waals surface area (Å²) in [6.45, 7) is 2.32. The lowest BCUT2D eigenvalue weighted by Gasteiger charge is -1.95. The van der Waals surface area contributed by atoms with E-state index in [1.807, 2.05) is 6.92 Å². The molecule has 2 rings (SSSR count). The second kappa shape index (κ2) is 3.41. The zero-order valence-corrected chi connectivity index (χ0v) is 7.54. The summed E-state index contributed by atoms with van der Waals surface area (Å²) in [7, 11) is 0. The van der Waals surface area contributed by atoms with Crippen LogP contribution < -0.4 is 0 Å². The van der Waals surface area contributed by atoms with Crippen LogP contribution in [0.15, 0.2) is 17.2 Å². The van der Waals surface area contributed by atoms with Gasteiger partial charge in [-0.05, 0) is 6.92 Å². The Balaban J connectivity index is 2.18. The smallest absolute Gasteiger partial charge is 0.169 e. The van der Waals surface area contributed by atoms with Crippen LogP contribution in [0.4, 0.5) is 0 Å². The van der Waals surface area contributed by atoms with Gasteiger partial charge in [0.1, 0.15) is 17.1 Å². The largest absolute Gasteiger partial charge is 0.331 e. The number of hydrogen-bond acceptors (Lipinski definition) is 5. The minimum absolute atomic E-state index is 0.402. The lowest BCUT2D eigenvalue weighted by Crippen LogP contribution is -1.98. The summed E-state index contributed by atoms with van der Waals surface area (Å²) < 4.78 is 6.29. The summed E-state index contributed by atoms with van der Waals surface area (Å²) >= 11 is 0. The molecule has 0 amide bonds. The number of aromatic nitrogens is 4. The molecule has 0 aliphatic heterocycles.